The van der Waals surface area contributed by atoms with E-state index in [1.807, 2.05) is 22.7 Å². The van der Waals surface area contributed by atoms with Crippen LogP contribution >= 0.6 is 0 Å². The number of halogens is 2. The van der Waals surface area contributed by atoms with Crippen molar-refractivity contribution in [3.8, 4) is 28.5 Å². The molecule has 2 fully saturated rings. The van der Waals surface area contributed by atoms with Crippen LogP contribution in [0.5, 0.6) is 17.2 Å². The molecule has 2 aromatic heterocycles. The molecular formula is C26H28F2N2O5. The van der Waals surface area contributed by atoms with Gasteiger partial charge in [-0.15, -0.1) is 0 Å². The Morgan fingerprint density at radius 1 is 1.20 bits per heavy atom. The highest BCUT2D eigenvalue weighted by atomic mass is 19.3. The zero-order valence-corrected chi connectivity index (χ0v) is 19.5. The molecule has 1 saturated heterocycles. The van der Waals surface area contributed by atoms with E-state index >= 15 is 0 Å². The maximum Gasteiger partial charge on any atom is 0.387 e. The summed E-state index contributed by atoms with van der Waals surface area (Å²) in [6.45, 7) is -0.978. The van der Waals surface area contributed by atoms with E-state index in [0.29, 0.717) is 54.1 Å². The summed E-state index contributed by atoms with van der Waals surface area (Å²) >= 11 is 0. The first-order chi connectivity index (χ1) is 17.0. The largest absolute Gasteiger partial charge is 0.496 e. The molecule has 7 nitrogen and oxygen atoms in total. The van der Waals surface area contributed by atoms with E-state index in [4.69, 9.17) is 18.9 Å². The number of benzene rings is 1. The van der Waals surface area contributed by atoms with Gasteiger partial charge in [0.25, 0.3) is 0 Å². The van der Waals surface area contributed by atoms with Gasteiger partial charge in [0, 0.05) is 36.8 Å². The third-order valence-electron chi connectivity index (χ3n) is 6.47. The average Bonchev–Trinajstić information content (AvgIpc) is 3.57. The number of methoxy groups -OCH3 is 1. The number of imidazole rings is 1. The van der Waals surface area contributed by atoms with Gasteiger partial charge in [0.1, 0.15) is 28.5 Å². The summed E-state index contributed by atoms with van der Waals surface area (Å²) in [5.41, 5.74) is 1.88. The third kappa shape index (κ3) is 5.40. The van der Waals surface area contributed by atoms with Crippen LogP contribution < -0.4 is 14.2 Å². The van der Waals surface area contributed by atoms with Crippen molar-refractivity contribution in [2.75, 3.05) is 26.9 Å². The number of carbonyl (C=O) groups is 1. The minimum Gasteiger partial charge on any atom is -0.496 e. The van der Waals surface area contributed by atoms with E-state index in [9.17, 15) is 13.6 Å². The summed E-state index contributed by atoms with van der Waals surface area (Å²) in [6, 6.07) is 6.78. The molecule has 1 aliphatic heterocycles. The minimum absolute atomic E-state index is 0.0552. The molecule has 5 rings (SSSR count). The lowest BCUT2D eigenvalue weighted by Gasteiger charge is -2.22. The Bertz CT molecular complexity index is 1200. The Kier molecular flexibility index (Phi) is 6.86. The predicted octanol–water partition coefficient (Wildman–Crippen LogP) is 5.40. The highest BCUT2D eigenvalue weighted by Gasteiger charge is 2.30. The van der Waals surface area contributed by atoms with Gasteiger partial charge in [-0.1, -0.05) is 0 Å². The molecule has 1 saturated carbocycles. The molecular weight excluding hydrogens is 458 g/mol. The van der Waals surface area contributed by atoms with E-state index in [0.717, 1.165) is 32.3 Å². The van der Waals surface area contributed by atoms with Crippen molar-refractivity contribution in [2.24, 2.45) is 11.8 Å². The standard InChI is InChI=1S/C26H28F2N2O5/c1-32-22-10-18(11-23(35-26(27)28)25(22)21(31)9-16-4-5-16)20-13-29-24-12-19(6-7-30(20)24)34-15-17-3-2-8-33-14-17/h6-7,10-13,16-17,26H,2-5,8-9,14-15H2,1H3. The van der Waals surface area contributed by atoms with Gasteiger partial charge in [0.05, 0.1) is 32.2 Å². The topological polar surface area (TPSA) is 71.3 Å². The molecule has 1 aromatic carbocycles. The Labute approximate surface area is 202 Å². The number of alkyl halides is 2. The summed E-state index contributed by atoms with van der Waals surface area (Å²) in [4.78, 5) is 17.3. The number of hydrogen-bond acceptors (Lipinski definition) is 6. The summed E-state index contributed by atoms with van der Waals surface area (Å²) < 4.78 is 50.0. The van der Waals surface area contributed by atoms with E-state index in [-0.39, 0.29) is 22.8 Å². The summed E-state index contributed by atoms with van der Waals surface area (Å²) in [5, 5.41) is 0. The van der Waals surface area contributed by atoms with Gasteiger partial charge in [-0.05, 0) is 49.8 Å². The van der Waals surface area contributed by atoms with Gasteiger partial charge in [0.2, 0.25) is 0 Å². The first kappa shape index (κ1) is 23.5. The third-order valence-corrected chi connectivity index (χ3v) is 6.47. The molecule has 0 amide bonds. The number of ketones is 1. The van der Waals surface area contributed by atoms with Crippen molar-refractivity contribution >= 4 is 11.4 Å². The number of rotatable bonds is 10. The van der Waals surface area contributed by atoms with Gasteiger partial charge < -0.3 is 18.9 Å². The highest BCUT2D eigenvalue weighted by Crippen LogP contribution is 2.40. The second-order valence-corrected chi connectivity index (χ2v) is 9.13. The summed E-state index contributed by atoms with van der Waals surface area (Å²) in [7, 11) is 1.41. The Balaban J connectivity index is 1.44. The first-order valence-corrected chi connectivity index (χ1v) is 11.9. The molecule has 9 heteroatoms. The number of nitrogens with zero attached hydrogens (tertiary/aromatic N) is 2. The van der Waals surface area contributed by atoms with Crippen molar-refractivity contribution < 1.29 is 32.5 Å². The number of carbonyl (C=O) groups excluding carboxylic acids is 1. The fourth-order valence-corrected chi connectivity index (χ4v) is 4.47. The van der Waals surface area contributed by atoms with Crippen LogP contribution in [0.25, 0.3) is 16.9 Å². The van der Waals surface area contributed by atoms with Crippen LogP contribution in [0.1, 0.15) is 42.5 Å². The van der Waals surface area contributed by atoms with E-state index in [1.54, 1.807) is 12.3 Å². The minimum atomic E-state index is -3.07. The lowest BCUT2D eigenvalue weighted by atomic mass is 10.00. The van der Waals surface area contributed by atoms with Crippen molar-refractivity contribution in [1.82, 2.24) is 9.38 Å². The molecule has 3 heterocycles. The van der Waals surface area contributed by atoms with Crippen LogP contribution in [-0.2, 0) is 4.74 Å². The highest BCUT2D eigenvalue weighted by molar-refractivity contribution is 6.02. The van der Waals surface area contributed by atoms with Crippen LogP contribution in [0.2, 0.25) is 0 Å². The molecule has 0 N–H and O–H groups in total. The number of aromatic nitrogens is 2. The molecule has 186 valence electrons. The monoisotopic (exact) mass is 486 g/mol. The molecule has 1 unspecified atom stereocenters. The molecule has 1 atom stereocenters. The average molecular weight is 487 g/mol. The predicted molar refractivity (Wildman–Crippen MR) is 125 cm³/mol. The van der Waals surface area contributed by atoms with Gasteiger partial charge in [-0.2, -0.15) is 8.78 Å². The van der Waals surface area contributed by atoms with E-state index in [2.05, 4.69) is 4.98 Å². The van der Waals surface area contributed by atoms with E-state index < -0.39 is 6.61 Å². The Morgan fingerprint density at radius 3 is 2.74 bits per heavy atom. The fourth-order valence-electron chi connectivity index (χ4n) is 4.47. The van der Waals surface area contributed by atoms with Gasteiger partial charge in [-0.25, -0.2) is 4.98 Å². The van der Waals surface area contributed by atoms with Crippen molar-refractivity contribution in [1.29, 1.82) is 0 Å². The maximum atomic E-state index is 13.2. The lowest BCUT2D eigenvalue weighted by Crippen LogP contribution is -2.23. The molecule has 1 aliphatic carbocycles. The second kappa shape index (κ2) is 10.2. The van der Waals surface area contributed by atoms with Gasteiger partial charge in [0.15, 0.2) is 5.78 Å². The van der Waals surface area contributed by atoms with Crippen molar-refractivity contribution in [2.45, 2.75) is 38.7 Å². The van der Waals surface area contributed by atoms with Crippen LogP contribution in [0.3, 0.4) is 0 Å². The Hall–Kier alpha value is -3.20. The number of hydrogen-bond donors (Lipinski definition) is 0. The quantitative estimate of drug-likeness (QED) is 0.358. The zero-order valence-electron chi connectivity index (χ0n) is 19.5. The number of pyridine rings is 1. The zero-order chi connectivity index (χ0) is 24.4. The fraction of sp³-hybridized carbons (Fsp3) is 0.462. The van der Waals surface area contributed by atoms with E-state index in [1.165, 1.54) is 13.2 Å². The normalized spacial score (nSPS) is 18.1. The molecule has 2 aliphatic rings. The number of Topliss-reactive ketones (excluding diaryl/α,β-unsaturated/α-hetero) is 1. The molecule has 0 radical (unpaired) electrons. The van der Waals surface area contributed by atoms with Crippen LogP contribution in [-0.4, -0.2) is 48.7 Å². The van der Waals surface area contributed by atoms with Gasteiger partial charge >= 0.3 is 6.61 Å². The smallest absolute Gasteiger partial charge is 0.387 e. The molecule has 35 heavy (non-hydrogen) atoms. The Morgan fingerprint density at radius 2 is 2.03 bits per heavy atom. The van der Waals surface area contributed by atoms with Crippen molar-refractivity contribution in [3.63, 3.8) is 0 Å². The first-order valence-electron chi connectivity index (χ1n) is 11.9. The number of ether oxygens (including phenoxy) is 4. The van der Waals surface area contributed by atoms with Gasteiger partial charge in [-0.3, -0.25) is 9.20 Å². The molecule has 0 spiro atoms. The molecule has 0 bridgehead atoms. The summed E-state index contributed by atoms with van der Waals surface area (Å²) in [5.74, 6) is 1.12. The second-order valence-electron chi connectivity index (χ2n) is 9.13. The van der Waals surface area contributed by atoms with Crippen LogP contribution in [0.4, 0.5) is 8.78 Å². The van der Waals surface area contributed by atoms with Crippen LogP contribution in [0, 0.1) is 11.8 Å². The number of fused-ring (bicyclic) bond motifs is 1. The maximum absolute atomic E-state index is 13.2. The van der Waals surface area contributed by atoms with Crippen LogP contribution in [0.15, 0.2) is 36.7 Å². The SMILES string of the molecule is COc1cc(-c2cnc3cc(OCC4CCCOC4)ccn23)cc(OC(F)F)c1C(=O)CC1CC1. The summed E-state index contributed by atoms with van der Waals surface area (Å²) in [6.07, 6.45) is 7.82. The van der Waals surface area contributed by atoms with Crippen molar-refractivity contribution in [3.05, 3.63) is 42.2 Å². The molecule has 3 aromatic rings. The lowest BCUT2D eigenvalue weighted by molar-refractivity contribution is -0.0502.